The Bertz CT molecular complexity index is 1800. The molecule has 0 bridgehead atoms. The molecule has 0 unspecified atom stereocenters. The summed E-state index contributed by atoms with van der Waals surface area (Å²) in [6, 6.07) is 21.1. The Morgan fingerprint density at radius 1 is 0.756 bits per heavy atom. The predicted octanol–water partition coefficient (Wildman–Crippen LogP) is 6.42. The van der Waals surface area contributed by atoms with Crippen molar-refractivity contribution in [2.45, 2.75) is 20.3 Å². The van der Waals surface area contributed by atoms with Crippen LogP contribution in [0.25, 0.3) is 21.9 Å². The molecule has 208 valence electrons. The van der Waals surface area contributed by atoms with Crippen molar-refractivity contribution < 1.29 is 14.4 Å². The third kappa shape index (κ3) is 6.82. The minimum Gasteiger partial charge on any atom is -0.398 e. The Labute approximate surface area is 250 Å². The zero-order valence-corrected chi connectivity index (χ0v) is 24.9. The number of hydrogen-bond donors (Lipinski definition) is 4. The summed E-state index contributed by atoms with van der Waals surface area (Å²) in [5.41, 5.74) is 29.2. The molecule has 8 N–H and O–H groups in total. The molecule has 0 saturated heterocycles. The SMILES string of the molecule is Cc1cc(Br)c(N)c(C(N)=O)c1.Cc1cc(C(N)=O)c(N)c(-c2ccc3cc(CC(=O)c4ccsc4)ccc3c2)c1. The van der Waals surface area contributed by atoms with E-state index >= 15 is 0 Å². The summed E-state index contributed by atoms with van der Waals surface area (Å²) in [5.74, 6) is -0.918. The largest absolute Gasteiger partial charge is 0.398 e. The third-order valence-electron chi connectivity index (χ3n) is 6.55. The minimum absolute atomic E-state index is 0.119. The zero-order valence-electron chi connectivity index (χ0n) is 22.5. The second kappa shape index (κ2) is 12.4. The molecule has 5 aromatic rings. The highest BCUT2D eigenvalue weighted by Crippen LogP contribution is 2.32. The molecule has 0 fully saturated rings. The van der Waals surface area contributed by atoms with Gasteiger partial charge in [-0.15, -0.1) is 0 Å². The smallest absolute Gasteiger partial charge is 0.250 e. The number of fused-ring (bicyclic) bond motifs is 1. The molecule has 1 aromatic heterocycles. The molecular formula is C32H29BrN4O3S. The summed E-state index contributed by atoms with van der Waals surface area (Å²) in [5, 5.41) is 5.87. The topological polar surface area (TPSA) is 155 Å². The average molecular weight is 630 g/mol. The van der Waals surface area contributed by atoms with Crippen molar-refractivity contribution in [2.24, 2.45) is 11.5 Å². The van der Waals surface area contributed by atoms with Crippen molar-refractivity contribution in [2.75, 3.05) is 11.5 Å². The van der Waals surface area contributed by atoms with Crippen LogP contribution in [0.4, 0.5) is 11.4 Å². The number of anilines is 2. The van der Waals surface area contributed by atoms with Crippen molar-refractivity contribution in [3.8, 4) is 11.1 Å². The van der Waals surface area contributed by atoms with Gasteiger partial charge in [-0.05, 0) is 105 Å². The van der Waals surface area contributed by atoms with E-state index in [0.29, 0.717) is 33.4 Å². The van der Waals surface area contributed by atoms with Gasteiger partial charge in [-0.1, -0.05) is 30.3 Å². The zero-order chi connectivity index (χ0) is 29.8. The van der Waals surface area contributed by atoms with Gasteiger partial charge in [-0.3, -0.25) is 14.4 Å². The highest BCUT2D eigenvalue weighted by Gasteiger charge is 2.14. The van der Waals surface area contributed by atoms with E-state index in [0.717, 1.165) is 44.2 Å². The first-order valence-electron chi connectivity index (χ1n) is 12.6. The number of benzene rings is 4. The molecule has 41 heavy (non-hydrogen) atoms. The lowest BCUT2D eigenvalue weighted by molar-refractivity contribution is 0.0987. The number of Topliss-reactive ketones (excluding diaryl/α,β-unsaturated/α-hetero) is 1. The summed E-state index contributed by atoms with van der Waals surface area (Å²) in [6.07, 6.45) is 0.376. The summed E-state index contributed by atoms with van der Waals surface area (Å²) >= 11 is 4.76. The second-order valence-electron chi connectivity index (χ2n) is 9.72. The van der Waals surface area contributed by atoms with E-state index in [2.05, 4.69) is 15.9 Å². The van der Waals surface area contributed by atoms with E-state index in [1.807, 2.05) is 79.2 Å². The molecule has 0 atom stereocenters. The van der Waals surface area contributed by atoms with Gasteiger partial charge in [0, 0.05) is 27.4 Å². The fraction of sp³-hybridized carbons (Fsp3) is 0.0938. The number of nitrogen functional groups attached to an aromatic ring is 2. The average Bonchev–Trinajstić information content (AvgIpc) is 3.47. The first-order valence-corrected chi connectivity index (χ1v) is 14.3. The molecule has 0 aliphatic rings. The van der Waals surface area contributed by atoms with Crippen LogP contribution >= 0.6 is 27.3 Å². The first-order chi connectivity index (χ1) is 19.4. The van der Waals surface area contributed by atoms with Crippen LogP contribution < -0.4 is 22.9 Å². The van der Waals surface area contributed by atoms with Crippen molar-refractivity contribution in [3.63, 3.8) is 0 Å². The lowest BCUT2D eigenvalue weighted by atomic mass is 9.94. The Morgan fingerprint density at radius 3 is 2.00 bits per heavy atom. The maximum absolute atomic E-state index is 12.4. The van der Waals surface area contributed by atoms with Crippen LogP contribution in [0.15, 0.2) is 82.0 Å². The number of ketones is 1. The van der Waals surface area contributed by atoms with Crippen molar-refractivity contribution in [1.82, 2.24) is 0 Å². The van der Waals surface area contributed by atoms with Gasteiger partial charge in [0.05, 0.1) is 22.5 Å². The van der Waals surface area contributed by atoms with Gasteiger partial charge in [-0.25, -0.2) is 0 Å². The van der Waals surface area contributed by atoms with Gasteiger partial charge in [0.15, 0.2) is 5.78 Å². The molecule has 0 saturated carbocycles. The molecule has 5 rings (SSSR count). The van der Waals surface area contributed by atoms with Gasteiger partial charge in [-0.2, -0.15) is 11.3 Å². The lowest BCUT2D eigenvalue weighted by Gasteiger charge is -2.12. The van der Waals surface area contributed by atoms with Gasteiger partial charge in [0.2, 0.25) is 0 Å². The van der Waals surface area contributed by atoms with Crippen LogP contribution in [0.5, 0.6) is 0 Å². The normalized spacial score (nSPS) is 10.6. The number of halogens is 1. The molecule has 0 aliphatic heterocycles. The van der Waals surface area contributed by atoms with Crippen LogP contribution in [-0.4, -0.2) is 17.6 Å². The molecule has 7 nitrogen and oxygen atoms in total. The number of rotatable bonds is 6. The molecule has 2 amide bonds. The molecule has 0 radical (unpaired) electrons. The standard InChI is InChI=1S/C24H20N2O2S.C8H9BrN2O/c1-14-8-20(23(25)21(9-14)24(26)28)18-5-4-16-10-15(2-3-17(16)12-18)11-22(27)19-6-7-29-13-19;1-4-2-5(8(11)12)7(10)6(9)3-4/h2-10,12-13H,11,25H2,1H3,(H2,26,28);2-3H,10H2,1H3,(H2,11,12). The summed E-state index contributed by atoms with van der Waals surface area (Å²) in [4.78, 5) is 34.9. The molecule has 0 aliphatic carbocycles. The molecule has 4 aromatic carbocycles. The molecular weight excluding hydrogens is 600 g/mol. The van der Waals surface area contributed by atoms with Gasteiger partial charge < -0.3 is 22.9 Å². The number of aryl methyl sites for hydroxylation is 2. The number of carbonyl (C=O) groups is 3. The summed E-state index contributed by atoms with van der Waals surface area (Å²) < 4.78 is 0.705. The maximum Gasteiger partial charge on any atom is 0.250 e. The Hall–Kier alpha value is -4.47. The van der Waals surface area contributed by atoms with Gasteiger partial charge >= 0.3 is 0 Å². The fourth-order valence-electron chi connectivity index (χ4n) is 4.48. The van der Waals surface area contributed by atoms with Crippen LogP contribution in [0, 0.1) is 13.8 Å². The van der Waals surface area contributed by atoms with Gasteiger partial charge in [0.25, 0.3) is 11.8 Å². The van der Waals surface area contributed by atoms with Crippen molar-refractivity contribution in [3.05, 3.63) is 115 Å². The summed E-state index contributed by atoms with van der Waals surface area (Å²) in [6.45, 7) is 3.78. The first kappa shape index (κ1) is 29.5. The fourth-order valence-corrected chi connectivity index (χ4v) is 5.72. The van der Waals surface area contributed by atoms with E-state index in [1.165, 1.54) is 11.3 Å². The lowest BCUT2D eigenvalue weighted by Crippen LogP contribution is -2.14. The van der Waals surface area contributed by atoms with E-state index < -0.39 is 11.8 Å². The molecule has 9 heteroatoms. The van der Waals surface area contributed by atoms with Crippen LogP contribution in [0.3, 0.4) is 0 Å². The quantitative estimate of drug-likeness (QED) is 0.126. The number of nitrogens with two attached hydrogens (primary N) is 4. The van der Waals surface area contributed by atoms with Crippen molar-refractivity contribution >= 4 is 67.0 Å². The number of hydrogen-bond acceptors (Lipinski definition) is 6. The highest BCUT2D eigenvalue weighted by molar-refractivity contribution is 9.10. The second-order valence-corrected chi connectivity index (χ2v) is 11.4. The molecule has 0 spiro atoms. The minimum atomic E-state index is -0.534. The molecule has 1 heterocycles. The Balaban J connectivity index is 0.000000271. The Morgan fingerprint density at radius 2 is 1.37 bits per heavy atom. The Kier molecular flexibility index (Phi) is 8.90. The number of primary amides is 2. The van der Waals surface area contributed by atoms with Crippen molar-refractivity contribution in [1.29, 1.82) is 0 Å². The summed E-state index contributed by atoms with van der Waals surface area (Å²) in [7, 11) is 0. The van der Waals surface area contributed by atoms with E-state index in [9.17, 15) is 14.4 Å². The van der Waals surface area contributed by atoms with Gasteiger partial charge in [0.1, 0.15) is 0 Å². The predicted molar refractivity (Wildman–Crippen MR) is 171 cm³/mol. The van der Waals surface area contributed by atoms with E-state index in [1.54, 1.807) is 12.1 Å². The van der Waals surface area contributed by atoms with Crippen LogP contribution in [-0.2, 0) is 6.42 Å². The van der Waals surface area contributed by atoms with E-state index in [4.69, 9.17) is 22.9 Å². The maximum atomic E-state index is 12.4. The number of carbonyl (C=O) groups excluding carboxylic acids is 3. The van der Waals surface area contributed by atoms with Crippen LogP contribution in [0.2, 0.25) is 0 Å². The number of thiophene rings is 1. The van der Waals surface area contributed by atoms with E-state index in [-0.39, 0.29) is 5.78 Å². The highest BCUT2D eigenvalue weighted by atomic mass is 79.9. The monoisotopic (exact) mass is 628 g/mol. The van der Waals surface area contributed by atoms with Crippen LogP contribution in [0.1, 0.15) is 47.8 Å². The number of amides is 2. The third-order valence-corrected chi connectivity index (χ3v) is 7.89.